The summed E-state index contributed by atoms with van der Waals surface area (Å²) >= 11 is 5.86. The van der Waals surface area contributed by atoms with E-state index in [-0.39, 0.29) is 10.6 Å². The first-order valence-corrected chi connectivity index (χ1v) is 10.4. The van der Waals surface area contributed by atoms with E-state index in [1.54, 1.807) is 18.5 Å². The normalized spacial score (nSPS) is 16.2. The Morgan fingerprint density at radius 3 is 2.84 bits per heavy atom. The number of hydrogen-bond donors (Lipinski definition) is 3. The van der Waals surface area contributed by atoms with Gasteiger partial charge in [-0.1, -0.05) is 11.6 Å². The Morgan fingerprint density at radius 2 is 2.00 bits per heavy atom. The van der Waals surface area contributed by atoms with Crippen molar-refractivity contribution < 1.29 is 8.78 Å². The van der Waals surface area contributed by atoms with Crippen molar-refractivity contribution >= 4 is 28.3 Å². The van der Waals surface area contributed by atoms with Crippen LogP contribution in [-0.4, -0.2) is 39.3 Å². The van der Waals surface area contributed by atoms with Crippen molar-refractivity contribution in [2.24, 2.45) is 0 Å². The van der Waals surface area contributed by atoms with Crippen LogP contribution in [0, 0.1) is 11.6 Å². The second kappa shape index (κ2) is 8.20. The molecule has 1 aliphatic heterocycles. The second-order valence-electron chi connectivity index (χ2n) is 7.53. The Morgan fingerprint density at radius 1 is 1.10 bits per heavy atom. The average Bonchev–Trinajstić information content (AvgIpc) is 3.46. The summed E-state index contributed by atoms with van der Waals surface area (Å²) in [6, 6.07) is 8.03. The zero-order valence-electron chi connectivity index (χ0n) is 16.4. The number of rotatable bonds is 5. The molecular formula is C22H19ClF2N6. The molecule has 9 heteroatoms. The summed E-state index contributed by atoms with van der Waals surface area (Å²) in [7, 11) is 0. The number of nitrogens with one attached hydrogen (secondary N) is 3. The number of aromatic amines is 1. The van der Waals surface area contributed by atoms with Crippen molar-refractivity contribution in [2.75, 3.05) is 18.4 Å². The van der Waals surface area contributed by atoms with E-state index in [9.17, 15) is 8.78 Å². The van der Waals surface area contributed by atoms with Gasteiger partial charge in [-0.15, -0.1) is 0 Å². The lowest BCUT2D eigenvalue weighted by Gasteiger charge is -2.12. The van der Waals surface area contributed by atoms with Crippen molar-refractivity contribution in [3.63, 3.8) is 0 Å². The lowest BCUT2D eigenvalue weighted by Crippen LogP contribution is -2.29. The highest BCUT2D eigenvalue weighted by Crippen LogP contribution is 2.34. The fraction of sp³-hybridized carbons (Fsp3) is 0.227. The molecule has 1 atom stereocenters. The molecule has 0 spiro atoms. The standard InChI is InChI=1S/C22H19ClF2N6/c23-16-7-14(17(24)8-18(16)25)22-15(11-29-31-22)19-3-4-20-21(30-19)6-13(10-28-20)27-9-12-2-1-5-26-12/h3-4,6-8,10-12,26-27H,1-2,5,9H2,(H,29,31). The van der Waals surface area contributed by atoms with Crippen molar-refractivity contribution in [1.82, 2.24) is 25.5 Å². The van der Waals surface area contributed by atoms with E-state index < -0.39 is 11.6 Å². The third kappa shape index (κ3) is 3.96. The Bertz CT molecular complexity index is 1250. The summed E-state index contributed by atoms with van der Waals surface area (Å²) in [6.07, 6.45) is 5.77. The molecule has 0 aliphatic carbocycles. The van der Waals surface area contributed by atoms with Gasteiger partial charge in [0, 0.05) is 36.0 Å². The molecule has 158 valence electrons. The minimum Gasteiger partial charge on any atom is -0.382 e. The smallest absolute Gasteiger partial charge is 0.144 e. The average molecular weight is 441 g/mol. The van der Waals surface area contributed by atoms with Crippen molar-refractivity contribution in [3.8, 4) is 22.5 Å². The van der Waals surface area contributed by atoms with Crippen molar-refractivity contribution in [1.29, 1.82) is 0 Å². The predicted octanol–water partition coefficient (Wildman–Crippen LogP) is 4.78. The van der Waals surface area contributed by atoms with E-state index in [1.807, 2.05) is 12.1 Å². The highest BCUT2D eigenvalue weighted by atomic mass is 35.5. The zero-order chi connectivity index (χ0) is 21.4. The molecule has 4 heterocycles. The first kappa shape index (κ1) is 19.8. The van der Waals surface area contributed by atoms with E-state index in [0.717, 1.165) is 36.8 Å². The maximum absolute atomic E-state index is 14.4. The molecule has 0 bridgehead atoms. The van der Waals surface area contributed by atoms with Crippen LogP contribution in [-0.2, 0) is 0 Å². The van der Waals surface area contributed by atoms with Gasteiger partial charge in [0.1, 0.15) is 17.3 Å². The summed E-state index contributed by atoms with van der Waals surface area (Å²) in [5, 5.41) is 13.6. The fourth-order valence-corrected chi connectivity index (χ4v) is 3.98. The lowest BCUT2D eigenvalue weighted by atomic mass is 10.0. The van der Waals surface area contributed by atoms with E-state index in [4.69, 9.17) is 16.6 Å². The Labute approximate surface area is 182 Å². The van der Waals surface area contributed by atoms with Gasteiger partial charge in [-0.05, 0) is 43.7 Å². The van der Waals surface area contributed by atoms with E-state index in [2.05, 4.69) is 25.8 Å². The molecule has 0 saturated carbocycles. The molecule has 1 unspecified atom stereocenters. The summed E-state index contributed by atoms with van der Waals surface area (Å²) in [5.74, 6) is -1.56. The van der Waals surface area contributed by atoms with Crippen molar-refractivity contribution in [3.05, 3.63) is 59.4 Å². The van der Waals surface area contributed by atoms with Crippen molar-refractivity contribution in [2.45, 2.75) is 18.9 Å². The van der Waals surface area contributed by atoms with Crippen LogP contribution in [0.4, 0.5) is 14.5 Å². The molecule has 3 aromatic heterocycles. The van der Waals surface area contributed by atoms with Crippen LogP contribution < -0.4 is 10.6 Å². The van der Waals surface area contributed by atoms with E-state index in [0.29, 0.717) is 28.5 Å². The molecule has 6 nitrogen and oxygen atoms in total. The number of nitrogens with zero attached hydrogens (tertiary/aromatic N) is 3. The Kier molecular flexibility index (Phi) is 5.25. The predicted molar refractivity (Wildman–Crippen MR) is 117 cm³/mol. The molecule has 5 rings (SSSR count). The molecule has 0 radical (unpaired) electrons. The maximum Gasteiger partial charge on any atom is 0.144 e. The second-order valence-corrected chi connectivity index (χ2v) is 7.93. The molecule has 3 N–H and O–H groups in total. The molecule has 1 fully saturated rings. The van der Waals surface area contributed by atoms with Crippen LogP contribution in [0.2, 0.25) is 5.02 Å². The summed E-state index contributed by atoms with van der Waals surface area (Å²) < 4.78 is 28.0. The number of H-pyrrole nitrogens is 1. The minimum atomic E-state index is -0.817. The SMILES string of the molecule is Fc1cc(F)c(-c2n[nH]cc2-c2ccc3ncc(NCC4CCCN4)cc3n2)cc1Cl. The molecule has 31 heavy (non-hydrogen) atoms. The number of benzene rings is 1. The molecule has 1 saturated heterocycles. The van der Waals surface area contributed by atoms with Crippen LogP contribution in [0.1, 0.15) is 12.8 Å². The van der Waals surface area contributed by atoms with Crippen LogP contribution in [0.3, 0.4) is 0 Å². The monoisotopic (exact) mass is 440 g/mol. The van der Waals surface area contributed by atoms with Crippen LogP contribution in [0.15, 0.2) is 42.7 Å². The topological polar surface area (TPSA) is 78.5 Å². The van der Waals surface area contributed by atoms with Gasteiger partial charge in [0.05, 0.1) is 33.6 Å². The molecule has 4 aromatic rings. The summed E-state index contributed by atoms with van der Waals surface area (Å²) in [5.41, 5.74) is 3.91. The largest absolute Gasteiger partial charge is 0.382 e. The van der Waals surface area contributed by atoms with E-state index in [1.165, 1.54) is 12.5 Å². The first-order valence-electron chi connectivity index (χ1n) is 10.0. The number of anilines is 1. The summed E-state index contributed by atoms with van der Waals surface area (Å²) in [4.78, 5) is 9.18. The first-order chi connectivity index (χ1) is 15.1. The quantitative estimate of drug-likeness (QED) is 0.389. The number of aromatic nitrogens is 4. The van der Waals surface area contributed by atoms with Gasteiger partial charge in [-0.3, -0.25) is 10.1 Å². The molecular weight excluding hydrogens is 422 g/mol. The zero-order valence-corrected chi connectivity index (χ0v) is 17.2. The number of fused-ring (bicyclic) bond motifs is 1. The third-order valence-electron chi connectivity index (χ3n) is 5.43. The van der Waals surface area contributed by atoms with E-state index >= 15 is 0 Å². The third-order valence-corrected chi connectivity index (χ3v) is 5.72. The van der Waals surface area contributed by atoms with Gasteiger partial charge in [0.2, 0.25) is 0 Å². The molecule has 1 aliphatic rings. The number of halogens is 3. The van der Waals surface area contributed by atoms with Crippen LogP contribution in [0.25, 0.3) is 33.5 Å². The lowest BCUT2D eigenvalue weighted by molar-refractivity contribution is 0.585. The van der Waals surface area contributed by atoms with Crippen LogP contribution >= 0.6 is 11.6 Å². The van der Waals surface area contributed by atoms with Gasteiger partial charge in [0.15, 0.2) is 0 Å². The molecule has 1 aromatic carbocycles. The number of pyridine rings is 2. The highest BCUT2D eigenvalue weighted by Gasteiger charge is 2.18. The van der Waals surface area contributed by atoms with Gasteiger partial charge in [-0.2, -0.15) is 5.10 Å². The molecule has 0 amide bonds. The van der Waals surface area contributed by atoms with Crippen LogP contribution in [0.5, 0.6) is 0 Å². The highest BCUT2D eigenvalue weighted by molar-refractivity contribution is 6.31. The summed E-state index contributed by atoms with van der Waals surface area (Å²) in [6.45, 7) is 1.88. The van der Waals surface area contributed by atoms with Gasteiger partial charge in [-0.25, -0.2) is 13.8 Å². The van der Waals surface area contributed by atoms with Gasteiger partial charge < -0.3 is 10.6 Å². The van der Waals surface area contributed by atoms with Gasteiger partial charge in [0.25, 0.3) is 0 Å². The Balaban J connectivity index is 1.48. The minimum absolute atomic E-state index is 0.0992. The fourth-order valence-electron chi connectivity index (χ4n) is 3.82. The Hall–Kier alpha value is -3.10. The maximum atomic E-state index is 14.4. The number of hydrogen-bond acceptors (Lipinski definition) is 5. The van der Waals surface area contributed by atoms with Gasteiger partial charge >= 0.3 is 0 Å².